The second-order valence-electron chi connectivity index (χ2n) is 6.46. The summed E-state index contributed by atoms with van der Waals surface area (Å²) in [5.74, 6) is 0.435. The van der Waals surface area contributed by atoms with Crippen molar-refractivity contribution in [3.8, 4) is 0 Å². The summed E-state index contributed by atoms with van der Waals surface area (Å²) in [6.07, 6.45) is 5.73. The highest BCUT2D eigenvalue weighted by atomic mass is 16.6. The predicted octanol–water partition coefficient (Wildman–Crippen LogP) is 3.63. The van der Waals surface area contributed by atoms with E-state index < -0.39 is 5.60 Å². The Balaban J connectivity index is 1.89. The van der Waals surface area contributed by atoms with Crippen LogP contribution >= 0.6 is 0 Å². The first-order chi connectivity index (χ1) is 9.44. The zero-order chi connectivity index (χ0) is 14.6. The van der Waals surface area contributed by atoms with E-state index in [4.69, 9.17) is 4.74 Å². The number of carbonyl (C=O) groups excluding carboxylic acids is 1. The zero-order valence-electron chi connectivity index (χ0n) is 12.6. The number of ether oxygens (including phenoxy) is 1. The summed E-state index contributed by atoms with van der Waals surface area (Å²) >= 11 is 0. The molecule has 0 bridgehead atoms. The van der Waals surface area contributed by atoms with Crippen LogP contribution in [0.25, 0.3) is 0 Å². The van der Waals surface area contributed by atoms with Crippen LogP contribution in [0.1, 0.15) is 58.1 Å². The Morgan fingerprint density at radius 1 is 1.35 bits per heavy atom. The highest BCUT2D eigenvalue weighted by Gasteiger charge is 2.26. The molecule has 110 valence electrons. The van der Waals surface area contributed by atoms with Crippen LogP contribution in [-0.4, -0.2) is 22.7 Å². The van der Waals surface area contributed by atoms with Crippen molar-refractivity contribution in [1.82, 2.24) is 10.3 Å². The number of nitrogens with one attached hydrogen (secondary N) is 1. The van der Waals surface area contributed by atoms with Crippen molar-refractivity contribution in [1.29, 1.82) is 0 Å². The summed E-state index contributed by atoms with van der Waals surface area (Å²) in [7, 11) is 0. The molecule has 20 heavy (non-hydrogen) atoms. The fraction of sp³-hybridized carbons (Fsp3) is 0.625. The number of rotatable bonds is 2. The number of alkyl carbamates (subject to hydrolysis) is 1. The topological polar surface area (TPSA) is 51.2 Å². The molecule has 2 atom stereocenters. The standard InChI is InChI=1S/C16H24N2O2/c1-16(2,3)20-15(19)18-13-8-6-7-12(11-13)14-9-4-5-10-17-14/h4-5,9-10,12-13H,6-8,11H2,1-3H3,(H,18,19). The molecule has 1 amide bonds. The molecule has 1 heterocycles. The van der Waals surface area contributed by atoms with E-state index in [0.29, 0.717) is 5.92 Å². The lowest BCUT2D eigenvalue weighted by Crippen LogP contribution is -2.41. The first kappa shape index (κ1) is 14.8. The van der Waals surface area contributed by atoms with Gasteiger partial charge < -0.3 is 10.1 Å². The minimum atomic E-state index is -0.445. The van der Waals surface area contributed by atoms with Gasteiger partial charge in [-0.1, -0.05) is 12.5 Å². The summed E-state index contributed by atoms with van der Waals surface area (Å²) in [5, 5.41) is 2.99. The lowest BCUT2D eigenvalue weighted by Gasteiger charge is -2.30. The summed E-state index contributed by atoms with van der Waals surface area (Å²) < 4.78 is 5.32. The van der Waals surface area contributed by atoms with Gasteiger partial charge >= 0.3 is 6.09 Å². The van der Waals surface area contributed by atoms with Gasteiger partial charge in [0.05, 0.1) is 0 Å². The number of nitrogens with zero attached hydrogens (tertiary/aromatic N) is 1. The van der Waals surface area contributed by atoms with Crippen LogP contribution in [0.15, 0.2) is 24.4 Å². The number of aromatic nitrogens is 1. The van der Waals surface area contributed by atoms with Crippen LogP contribution in [0.5, 0.6) is 0 Å². The molecule has 0 aromatic carbocycles. The van der Waals surface area contributed by atoms with Gasteiger partial charge in [0.15, 0.2) is 0 Å². The van der Waals surface area contributed by atoms with Crippen molar-refractivity contribution in [2.75, 3.05) is 0 Å². The van der Waals surface area contributed by atoms with Gasteiger partial charge in [-0.3, -0.25) is 4.98 Å². The molecule has 2 unspecified atom stereocenters. The van der Waals surface area contributed by atoms with Crippen LogP contribution in [0.3, 0.4) is 0 Å². The maximum atomic E-state index is 11.8. The van der Waals surface area contributed by atoms with Gasteiger partial charge in [0.1, 0.15) is 5.60 Å². The third kappa shape index (κ3) is 4.51. The van der Waals surface area contributed by atoms with E-state index in [9.17, 15) is 4.79 Å². The average Bonchev–Trinajstić information content (AvgIpc) is 2.38. The number of carbonyl (C=O) groups is 1. The van der Waals surface area contributed by atoms with E-state index in [2.05, 4.69) is 16.4 Å². The van der Waals surface area contributed by atoms with Crippen molar-refractivity contribution in [2.45, 2.75) is 64.0 Å². The Hall–Kier alpha value is -1.58. The average molecular weight is 276 g/mol. The number of hydrogen-bond donors (Lipinski definition) is 1. The molecule has 0 radical (unpaired) electrons. The third-order valence-corrected chi connectivity index (χ3v) is 3.50. The van der Waals surface area contributed by atoms with Crippen LogP contribution in [0, 0.1) is 0 Å². The molecule has 1 aliphatic rings. The highest BCUT2D eigenvalue weighted by molar-refractivity contribution is 5.68. The van der Waals surface area contributed by atoms with Gasteiger partial charge in [0.25, 0.3) is 0 Å². The van der Waals surface area contributed by atoms with Crippen LogP contribution in [-0.2, 0) is 4.74 Å². The van der Waals surface area contributed by atoms with Crippen molar-refractivity contribution in [3.05, 3.63) is 30.1 Å². The van der Waals surface area contributed by atoms with E-state index in [1.54, 1.807) is 0 Å². The van der Waals surface area contributed by atoms with Crippen molar-refractivity contribution in [2.24, 2.45) is 0 Å². The SMILES string of the molecule is CC(C)(C)OC(=O)NC1CCCC(c2ccccn2)C1. The van der Waals surface area contributed by atoms with Gasteiger partial charge in [-0.2, -0.15) is 0 Å². The first-order valence-corrected chi connectivity index (χ1v) is 7.34. The fourth-order valence-corrected chi connectivity index (χ4v) is 2.68. The van der Waals surface area contributed by atoms with Gasteiger partial charge in [-0.15, -0.1) is 0 Å². The smallest absolute Gasteiger partial charge is 0.407 e. The molecule has 4 nitrogen and oxygen atoms in total. The minimum Gasteiger partial charge on any atom is -0.444 e. The number of pyridine rings is 1. The molecule has 1 aromatic rings. The highest BCUT2D eigenvalue weighted by Crippen LogP contribution is 2.31. The Labute approximate surface area is 120 Å². The lowest BCUT2D eigenvalue weighted by molar-refractivity contribution is 0.0490. The molecular weight excluding hydrogens is 252 g/mol. The monoisotopic (exact) mass is 276 g/mol. The van der Waals surface area contributed by atoms with E-state index in [1.165, 1.54) is 0 Å². The molecule has 1 fully saturated rings. The summed E-state index contributed by atoms with van der Waals surface area (Å²) in [4.78, 5) is 16.3. The zero-order valence-corrected chi connectivity index (χ0v) is 12.6. The Morgan fingerprint density at radius 3 is 2.80 bits per heavy atom. The van der Waals surface area contributed by atoms with Gasteiger partial charge in [-0.25, -0.2) is 4.79 Å². The second-order valence-corrected chi connectivity index (χ2v) is 6.46. The molecule has 4 heteroatoms. The van der Waals surface area contributed by atoms with E-state index in [1.807, 2.05) is 39.1 Å². The largest absolute Gasteiger partial charge is 0.444 e. The summed E-state index contributed by atoms with van der Waals surface area (Å²) in [6.45, 7) is 5.64. The van der Waals surface area contributed by atoms with Crippen LogP contribution in [0.2, 0.25) is 0 Å². The normalized spacial score (nSPS) is 23.1. The summed E-state index contributed by atoms with van der Waals surface area (Å²) in [6, 6.07) is 6.21. The van der Waals surface area contributed by atoms with E-state index >= 15 is 0 Å². The van der Waals surface area contributed by atoms with Crippen molar-refractivity contribution < 1.29 is 9.53 Å². The number of hydrogen-bond acceptors (Lipinski definition) is 3. The van der Waals surface area contributed by atoms with Crippen LogP contribution in [0.4, 0.5) is 4.79 Å². The van der Waals surface area contributed by atoms with Crippen molar-refractivity contribution in [3.63, 3.8) is 0 Å². The fourth-order valence-electron chi connectivity index (χ4n) is 2.68. The lowest BCUT2D eigenvalue weighted by atomic mass is 9.83. The van der Waals surface area contributed by atoms with Crippen molar-refractivity contribution >= 4 is 6.09 Å². The Bertz CT molecular complexity index is 440. The molecule has 1 aliphatic carbocycles. The molecule has 1 N–H and O–H groups in total. The minimum absolute atomic E-state index is 0.186. The first-order valence-electron chi connectivity index (χ1n) is 7.34. The molecule has 2 rings (SSSR count). The third-order valence-electron chi connectivity index (χ3n) is 3.50. The van der Waals surface area contributed by atoms with E-state index in [0.717, 1.165) is 31.4 Å². The number of amides is 1. The quantitative estimate of drug-likeness (QED) is 0.897. The molecule has 0 saturated heterocycles. The maximum absolute atomic E-state index is 11.8. The van der Waals surface area contributed by atoms with Gasteiger partial charge in [0, 0.05) is 23.9 Å². The molecule has 1 aromatic heterocycles. The molecular formula is C16H24N2O2. The van der Waals surface area contributed by atoms with E-state index in [-0.39, 0.29) is 12.1 Å². The Morgan fingerprint density at radius 2 is 2.15 bits per heavy atom. The maximum Gasteiger partial charge on any atom is 0.407 e. The second kappa shape index (κ2) is 6.25. The van der Waals surface area contributed by atoms with Gasteiger partial charge in [0.2, 0.25) is 0 Å². The predicted molar refractivity (Wildman–Crippen MR) is 78.6 cm³/mol. The molecule has 0 aliphatic heterocycles. The summed E-state index contributed by atoms with van der Waals surface area (Å²) in [5.41, 5.74) is 0.683. The molecule has 1 saturated carbocycles. The van der Waals surface area contributed by atoms with Gasteiger partial charge in [-0.05, 0) is 52.2 Å². The Kier molecular flexibility index (Phi) is 4.63. The van der Waals surface area contributed by atoms with Crippen LogP contribution < -0.4 is 5.32 Å². The molecule has 0 spiro atoms.